The van der Waals surface area contributed by atoms with Crippen molar-refractivity contribution >= 4 is 19.2 Å². The smallest absolute Gasteiger partial charge is 0.416 e. The van der Waals surface area contributed by atoms with Gasteiger partial charge in [0.25, 0.3) is 0 Å². The molecular formula is C19H16ClO3P. The lowest BCUT2D eigenvalue weighted by atomic mass is 10.2. The second-order valence-corrected chi connectivity index (χ2v) is 7.54. The van der Waals surface area contributed by atoms with Crippen molar-refractivity contribution in [3.63, 3.8) is 0 Å². The van der Waals surface area contributed by atoms with Gasteiger partial charge in [-0.2, -0.15) is 0 Å². The molecule has 0 bridgehead atoms. The molecule has 0 saturated carbocycles. The zero-order chi connectivity index (χ0) is 16.8. The first-order chi connectivity index (χ1) is 11.6. The van der Waals surface area contributed by atoms with Crippen LogP contribution in [0.3, 0.4) is 0 Å². The van der Waals surface area contributed by atoms with Gasteiger partial charge in [-0.3, -0.25) is 0 Å². The van der Waals surface area contributed by atoms with Crippen LogP contribution in [0, 0.1) is 0 Å². The van der Waals surface area contributed by atoms with Crippen LogP contribution in [-0.2, 0) is 10.7 Å². The standard InChI is InChI=1S/C19H16ClO3P/c20-17-13-11-16(12-14-17)15-24(21,22-18-7-3-1-4-8-18)23-19-9-5-2-6-10-19/h1-14H,15H2. The van der Waals surface area contributed by atoms with Gasteiger partial charge >= 0.3 is 7.60 Å². The van der Waals surface area contributed by atoms with Crippen molar-refractivity contribution < 1.29 is 13.6 Å². The maximum atomic E-state index is 13.3. The summed E-state index contributed by atoms with van der Waals surface area (Å²) in [4.78, 5) is 0. The van der Waals surface area contributed by atoms with E-state index in [1.165, 1.54) is 0 Å². The molecule has 0 aliphatic carbocycles. The Morgan fingerprint density at radius 3 is 1.62 bits per heavy atom. The van der Waals surface area contributed by atoms with E-state index in [1.807, 2.05) is 48.5 Å². The van der Waals surface area contributed by atoms with Crippen LogP contribution in [0.15, 0.2) is 84.9 Å². The van der Waals surface area contributed by atoms with Crippen molar-refractivity contribution in [3.8, 4) is 11.5 Å². The number of hydrogen-bond donors (Lipinski definition) is 0. The van der Waals surface area contributed by atoms with E-state index in [9.17, 15) is 4.57 Å². The van der Waals surface area contributed by atoms with E-state index in [1.54, 1.807) is 36.4 Å². The van der Waals surface area contributed by atoms with Gasteiger partial charge in [0, 0.05) is 5.02 Å². The number of para-hydroxylation sites is 2. The van der Waals surface area contributed by atoms with Crippen molar-refractivity contribution in [2.45, 2.75) is 6.16 Å². The van der Waals surface area contributed by atoms with Crippen LogP contribution in [0.1, 0.15) is 5.56 Å². The van der Waals surface area contributed by atoms with Gasteiger partial charge in [-0.1, -0.05) is 60.1 Å². The molecule has 0 aromatic heterocycles. The molecule has 5 heteroatoms. The lowest BCUT2D eigenvalue weighted by Crippen LogP contribution is -2.04. The molecule has 0 aliphatic heterocycles. The summed E-state index contributed by atoms with van der Waals surface area (Å²) in [5, 5.41) is 0.626. The third-order valence-corrected chi connectivity index (χ3v) is 5.25. The number of benzene rings is 3. The van der Waals surface area contributed by atoms with Crippen molar-refractivity contribution in [3.05, 3.63) is 95.5 Å². The SMILES string of the molecule is O=P(Cc1ccc(Cl)cc1)(Oc1ccccc1)Oc1ccccc1. The van der Waals surface area contributed by atoms with E-state index in [-0.39, 0.29) is 6.16 Å². The van der Waals surface area contributed by atoms with Gasteiger partial charge in [0.2, 0.25) is 0 Å². The van der Waals surface area contributed by atoms with Gasteiger partial charge in [-0.05, 0) is 42.0 Å². The van der Waals surface area contributed by atoms with Gasteiger partial charge in [-0.15, -0.1) is 0 Å². The Labute approximate surface area is 146 Å². The van der Waals surface area contributed by atoms with Crippen molar-refractivity contribution in [2.24, 2.45) is 0 Å². The Kier molecular flexibility index (Phi) is 5.24. The average Bonchev–Trinajstić information content (AvgIpc) is 2.58. The zero-order valence-electron chi connectivity index (χ0n) is 12.8. The largest absolute Gasteiger partial charge is 0.435 e. The van der Waals surface area contributed by atoms with Crippen LogP contribution in [-0.4, -0.2) is 0 Å². The van der Waals surface area contributed by atoms with E-state index >= 15 is 0 Å². The molecule has 122 valence electrons. The zero-order valence-corrected chi connectivity index (χ0v) is 14.5. The second kappa shape index (κ2) is 7.57. The van der Waals surface area contributed by atoms with Crippen LogP contribution >= 0.6 is 19.2 Å². The Morgan fingerprint density at radius 2 is 1.17 bits per heavy atom. The molecule has 0 spiro atoms. The van der Waals surface area contributed by atoms with Gasteiger partial charge in [-0.25, -0.2) is 4.57 Å². The Hall–Kier alpha value is -2.22. The molecule has 3 rings (SSSR count). The molecule has 0 saturated heterocycles. The Balaban J connectivity index is 1.87. The van der Waals surface area contributed by atoms with Gasteiger partial charge in [0.1, 0.15) is 11.5 Å². The summed E-state index contributed by atoms with van der Waals surface area (Å²) in [5.41, 5.74) is 0.828. The predicted molar refractivity (Wildman–Crippen MR) is 96.9 cm³/mol. The molecule has 3 nitrogen and oxygen atoms in total. The van der Waals surface area contributed by atoms with Crippen LogP contribution in [0.2, 0.25) is 5.02 Å². The summed E-state index contributed by atoms with van der Waals surface area (Å²) < 4.78 is 24.8. The maximum absolute atomic E-state index is 13.3. The molecule has 0 atom stereocenters. The van der Waals surface area contributed by atoms with Crippen molar-refractivity contribution in [1.29, 1.82) is 0 Å². The Bertz CT molecular complexity index is 775. The minimum atomic E-state index is -3.44. The molecule has 0 amide bonds. The molecule has 3 aromatic carbocycles. The fourth-order valence-corrected chi connectivity index (χ4v) is 4.02. The fraction of sp³-hybridized carbons (Fsp3) is 0.0526. The lowest BCUT2D eigenvalue weighted by Gasteiger charge is -2.20. The quantitative estimate of drug-likeness (QED) is 0.493. The van der Waals surface area contributed by atoms with Crippen LogP contribution < -0.4 is 9.05 Å². The number of halogens is 1. The number of rotatable bonds is 6. The third kappa shape index (κ3) is 4.64. The monoisotopic (exact) mass is 358 g/mol. The first kappa shape index (κ1) is 16.6. The van der Waals surface area contributed by atoms with Gasteiger partial charge in [0.05, 0.1) is 6.16 Å². The highest BCUT2D eigenvalue weighted by Gasteiger charge is 2.28. The highest BCUT2D eigenvalue weighted by molar-refractivity contribution is 7.53. The predicted octanol–water partition coefficient (Wildman–Crippen LogP) is 6.19. The van der Waals surface area contributed by atoms with Crippen molar-refractivity contribution in [1.82, 2.24) is 0 Å². The van der Waals surface area contributed by atoms with Crippen LogP contribution in [0.25, 0.3) is 0 Å². The summed E-state index contributed by atoms with van der Waals surface area (Å²) in [6.07, 6.45) is 0.147. The highest BCUT2D eigenvalue weighted by Crippen LogP contribution is 2.51. The lowest BCUT2D eigenvalue weighted by molar-refractivity contribution is 0.384. The molecule has 24 heavy (non-hydrogen) atoms. The third-order valence-electron chi connectivity index (χ3n) is 3.26. The molecule has 0 radical (unpaired) electrons. The van der Waals surface area contributed by atoms with Gasteiger partial charge < -0.3 is 9.05 Å². The molecule has 0 N–H and O–H groups in total. The van der Waals surface area contributed by atoms with Crippen molar-refractivity contribution in [2.75, 3.05) is 0 Å². The van der Waals surface area contributed by atoms with E-state index in [4.69, 9.17) is 20.6 Å². The topological polar surface area (TPSA) is 35.5 Å². The normalized spacial score (nSPS) is 11.0. The molecule has 0 heterocycles. The number of hydrogen-bond acceptors (Lipinski definition) is 3. The first-order valence-corrected chi connectivity index (χ1v) is 9.56. The fourth-order valence-electron chi connectivity index (χ4n) is 2.18. The molecular weight excluding hydrogens is 343 g/mol. The molecule has 0 unspecified atom stereocenters. The van der Waals surface area contributed by atoms with Gasteiger partial charge in [0.15, 0.2) is 0 Å². The van der Waals surface area contributed by atoms with E-state index < -0.39 is 7.60 Å². The van der Waals surface area contributed by atoms with E-state index in [0.717, 1.165) is 5.56 Å². The maximum Gasteiger partial charge on any atom is 0.435 e. The highest BCUT2D eigenvalue weighted by atomic mass is 35.5. The van der Waals surface area contributed by atoms with Crippen LogP contribution in [0.5, 0.6) is 11.5 Å². The van der Waals surface area contributed by atoms with E-state index in [2.05, 4.69) is 0 Å². The summed E-state index contributed by atoms with van der Waals surface area (Å²) in [7, 11) is -3.44. The molecule has 0 fully saturated rings. The first-order valence-electron chi connectivity index (χ1n) is 7.46. The van der Waals surface area contributed by atoms with Crippen LogP contribution in [0.4, 0.5) is 0 Å². The summed E-state index contributed by atoms with van der Waals surface area (Å²) >= 11 is 5.91. The van der Waals surface area contributed by atoms with E-state index in [0.29, 0.717) is 16.5 Å². The summed E-state index contributed by atoms with van der Waals surface area (Å²) in [6, 6.07) is 25.2. The minimum absolute atomic E-state index is 0.147. The second-order valence-electron chi connectivity index (χ2n) is 5.20. The average molecular weight is 359 g/mol. The summed E-state index contributed by atoms with van der Waals surface area (Å²) in [6.45, 7) is 0. The minimum Gasteiger partial charge on any atom is -0.416 e. The Morgan fingerprint density at radius 1 is 0.708 bits per heavy atom. The molecule has 0 aliphatic rings. The molecule has 3 aromatic rings. The summed E-state index contributed by atoms with van der Waals surface area (Å²) in [5.74, 6) is 1.01.